The number of amides is 2. The molecule has 4 rings (SSSR count). The fourth-order valence-electron chi connectivity index (χ4n) is 3.36. The molecule has 0 radical (unpaired) electrons. The SMILES string of the molecule is COc1ccc(CNC(=O)CSC2=NC3NNCC3C(=O)N2c2ccc(F)c(F)c2)cc1. The number of thioether (sulfide) groups is 1. The third-order valence-electron chi connectivity index (χ3n) is 5.07. The maximum atomic E-state index is 13.8. The number of rotatable bonds is 6. The summed E-state index contributed by atoms with van der Waals surface area (Å²) in [6, 6.07) is 10.5. The molecule has 2 unspecified atom stereocenters. The number of amidine groups is 1. The molecule has 3 N–H and O–H groups in total. The van der Waals surface area contributed by atoms with Crippen LogP contribution >= 0.6 is 11.8 Å². The number of methoxy groups -OCH3 is 1. The van der Waals surface area contributed by atoms with Crippen LogP contribution in [0, 0.1) is 17.6 Å². The molecule has 0 spiro atoms. The van der Waals surface area contributed by atoms with Gasteiger partial charge >= 0.3 is 0 Å². The Bertz CT molecular complexity index is 1050. The number of benzene rings is 2. The molecule has 2 aromatic carbocycles. The van der Waals surface area contributed by atoms with Crippen molar-refractivity contribution >= 4 is 34.4 Å². The van der Waals surface area contributed by atoms with Gasteiger partial charge in [0.1, 0.15) is 11.9 Å². The third-order valence-corrected chi connectivity index (χ3v) is 6.03. The molecule has 1 fully saturated rings. The minimum Gasteiger partial charge on any atom is -0.497 e. The second-order valence-corrected chi connectivity index (χ2v) is 8.12. The van der Waals surface area contributed by atoms with Crippen molar-refractivity contribution in [3.8, 4) is 5.75 Å². The van der Waals surface area contributed by atoms with E-state index in [4.69, 9.17) is 4.74 Å². The quantitative estimate of drug-likeness (QED) is 0.607. The first kappa shape index (κ1) is 22.2. The van der Waals surface area contributed by atoms with Crippen molar-refractivity contribution in [3.05, 3.63) is 59.7 Å². The van der Waals surface area contributed by atoms with Crippen LogP contribution in [0.1, 0.15) is 5.56 Å². The number of nitrogens with zero attached hydrogens (tertiary/aromatic N) is 2. The first-order valence-electron chi connectivity index (χ1n) is 9.84. The Morgan fingerprint density at radius 1 is 1.25 bits per heavy atom. The number of hydrazine groups is 1. The van der Waals surface area contributed by atoms with Gasteiger partial charge in [-0.25, -0.2) is 19.2 Å². The Balaban J connectivity index is 1.44. The molecular weight excluding hydrogens is 440 g/mol. The molecule has 0 saturated carbocycles. The Morgan fingerprint density at radius 3 is 2.75 bits per heavy atom. The number of halogens is 2. The van der Waals surface area contributed by atoms with Crippen molar-refractivity contribution in [2.24, 2.45) is 10.9 Å². The average molecular weight is 461 g/mol. The number of nitrogens with one attached hydrogen (secondary N) is 3. The van der Waals surface area contributed by atoms with Gasteiger partial charge in [-0.2, -0.15) is 0 Å². The summed E-state index contributed by atoms with van der Waals surface area (Å²) in [5.41, 5.74) is 6.86. The number of anilines is 1. The first-order valence-corrected chi connectivity index (χ1v) is 10.8. The van der Waals surface area contributed by atoms with Crippen LogP contribution in [0.3, 0.4) is 0 Å². The normalized spacial score (nSPS) is 20.0. The van der Waals surface area contributed by atoms with Crippen molar-refractivity contribution < 1.29 is 23.1 Å². The number of hydrogen-bond acceptors (Lipinski definition) is 7. The summed E-state index contributed by atoms with van der Waals surface area (Å²) >= 11 is 1.05. The summed E-state index contributed by atoms with van der Waals surface area (Å²) in [5, 5.41) is 3.04. The summed E-state index contributed by atoms with van der Waals surface area (Å²) in [5.74, 6) is -2.42. The Morgan fingerprint density at radius 2 is 2.03 bits per heavy atom. The highest BCUT2D eigenvalue weighted by atomic mass is 32.2. The molecule has 0 aliphatic carbocycles. The van der Waals surface area contributed by atoms with Crippen LogP contribution in [0.2, 0.25) is 0 Å². The van der Waals surface area contributed by atoms with Crippen LogP contribution in [0.15, 0.2) is 47.5 Å². The third kappa shape index (κ3) is 4.74. The number of aliphatic imine (C=N–C) groups is 1. The van der Waals surface area contributed by atoms with Crippen LogP contribution in [0.5, 0.6) is 5.75 Å². The fourth-order valence-corrected chi connectivity index (χ4v) is 4.23. The summed E-state index contributed by atoms with van der Waals surface area (Å²) in [6.07, 6.45) is -0.492. The number of fused-ring (bicyclic) bond motifs is 1. The lowest BCUT2D eigenvalue weighted by molar-refractivity contribution is -0.121. The van der Waals surface area contributed by atoms with E-state index in [1.165, 1.54) is 11.0 Å². The first-order chi connectivity index (χ1) is 15.5. The average Bonchev–Trinajstić information content (AvgIpc) is 3.28. The molecule has 2 aromatic rings. The molecule has 2 aliphatic heterocycles. The Labute approximate surface area is 187 Å². The van der Waals surface area contributed by atoms with Crippen LogP contribution in [0.25, 0.3) is 0 Å². The Kier molecular flexibility index (Phi) is 6.68. The minimum atomic E-state index is -1.07. The molecular formula is C21H21F2N5O3S. The van der Waals surface area contributed by atoms with E-state index < -0.39 is 23.7 Å². The van der Waals surface area contributed by atoms with Gasteiger partial charge in [0.2, 0.25) is 11.8 Å². The van der Waals surface area contributed by atoms with E-state index in [9.17, 15) is 18.4 Å². The molecule has 0 aromatic heterocycles. The number of carbonyl (C=O) groups excluding carboxylic acids is 2. The molecule has 2 atom stereocenters. The van der Waals surface area contributed by atoms with Gasteiger partial charge in [0.05, 0.1) is 24.5 Å². The molecule has 2 amide bonds. The van der Waals surface area contributed by atoms with Crippen molar-refractivity contribution in [3.63, 3.8) is 0 Å². The predicted octanol–water partition coefficient (Wildman–Crippen LogP) is 1.78. The maximum absolute atomic E-state index is 13.8. The lowest BCUT2D eigenvalue weighted by Gasteiger charge is -2.32. The van der Waals surface area contributed by atoms with Crippen LogP contribution < -0.4 is 25.8 Å². The fraction of sp³-hybridized carbons (Fsp3) is 0.286. The highest BCUT2D eigenvalue weighted by Gasteiger charge is 2.42. The largest absolute Gasteiger partial charge is 0.497 e. The zero-order valence-electron chi connectivity index (χ0n) is 17.1. The van der Waals surface area contributed by atoms with Gasteiger partial charge in [0, 0.05) is 19.2 Å². The Hall–Kier alpha value is -3.02. The molecule has 8 nitrogen and oxygen atoms in total. The highest BCUT2D eigenvalue weighted by molar-refractivity contribution is 8.14. The molecule has 0 bridgehead atoms. The van der Waals surface area contributed by atoms with Gasteiger partial charge in [-0.1, -0.05) is 23.9 Å². The summed E-state index contributed by atoms with van der Waals surface area (Å²) in [4.78, 5) is 31.2. The van der Waals surface area contributed by atoms with E-state index in [0.29, 0.717) is 13.1 Å². The standard InChI is InChI=1S/C21H21F2N5O3S/c1-31-14-5-2-12(3-6-14)9-24-18(29)11-32-21-26-19-15(10-25-27-19)20(30)28(21)13-4-7-16(22)17(23)8-13/h2-8,15,19,25,27H,9-11H2,1H3,(H,24,29). The van der Waals surface area contributed by atoms with Crippen molar-refractivity contribution in [2.45, 2.75) is 12.7 Å². The van der Waals surface area contributed by atoms with E-state index >= 15 is 0 Å². The lowest BCUT2D eigenvalue weighted by Crippen LogP contribution is -2.49. The predicted molar refractivity (Wildman–Crippen MR) is 117 cm³/mol. The maximum Gasteiger partial charge on any atom is 0.241 e. The number of carbonyl (C=O) groups is 2. The molecule has 2 aliphatic rings. The lowest BCUT2D eigenvalue weighted by atomic mass is 10.0. The van der Waals surface area contributed by atoms with Crippen LogP contribution in [-0.4, -0.2) is 42.6 Å². The molecule has 32 heavy (non-hydrogen) atoms. The molecule has 11 heteroatoms. The second-order valence-electron chi connectivity index (χ2n) is 7.17. The molecule has 1 saturated heterocycles. The smallest absolute Gasteiger partial charge is 0.241 e. The minimum absolute atomic E-state index is 0.00669. The van der Waals surface area contributed by atoms with Crippen LogP contribution in [-0.2, 0) is 16.1 Å². The van der Waals surface area contributed by atoms with Gasteiger partial charge in [-0.05, 0) is 29.8 Å². The zero-order chi connectivity index (χ0) is 22.7. The van der Waals surface area contributed by atoms with Crippen molar-refractivity contribution in [1.29, 1.82) is 0 Å². The zero-order valence-corrected chi connectivity index (χ0v) is 17.9. The second kappa shape index (κ2) is 9.63. The summed E-state index contributed by atoms with van der Waals surface area (Å²) in [7, 11) is 1.58. The van der Waals surface area contributed by atoms with E-state index in [0.717, 1.165) is 35.2 Å². The summed E-state index contributed by atoms with van der Waals surface area (Å²) < 4.78 is 32.3. The van der Waals surface area contributed by atoms with Gasteiger partial charge < -0.3 is 10.1 Å². The topological polar surface area (TPSA) is 95.1 Å². The van der Waals surface area contributed by atoms with Gasteiger partial charge in [0.15, 0.2) is 16.8 Å². The molecule has 168 valence electrons. The van der Waals surface area contributed by atoms with E-state index in [1.54, 1.807) is 19.2 Å². The van der Waals surface area contributed by atoms with E-state index in [-0.39, 0.29) is 28.4 Å². The van der Waals surface area contributed by atoms with Gasteiger partial charge in [-0.3, -0.25) is 19.9 Å². The monoisotopic (exact) mass is 461 g/mol. The van der Waals surface area contributed by atoms with Crippen molar-refractivity contribution in [2.75, 3.05) is 24.3 Å². The molecule has 2 heterocycles. The van der Waals surface area contributed by atoms with Gasteiger partial charge in [-0.15, -0.1) is 0 Å². The summed E-state index contributed by atoms with van der Waals surface area (Å²) in [6.45, 7) is 0.686. The van der Waals surface area contributed by atoms with Gasteiger partial charge in [0.25, 0.3) is 0 Å². The van der Waals surface area contributed by atoms with E-state index in [1.807, 2.05) is 12.1 Å². The number of hydrogen-bond donors (Lipinski definition) is 3. The van der Waals surface area contributed by atoms with Crippen LogP contribution in [0.4, 0.5) is 14.5 Å². The van der Waals surface area contributed by atoms with Crippen molar-refractivity contribution in [1.82, 2.24) is 16.2 Å². The number of ether oxygens (including phenoxy) is 1. The van der Waals surface area contributed by atoms with E-state index in [2.05, 4.69) is 21.2 Å². The highest BCUT2D eigenvalue weighted by Crippen LogP contribution is 2.30.